The molecule has 6 rings (SSSR count). The van der Waals surface area contributed by atoms with Gasteiger partial charge >= 0.3 is 18.1 Å². The Balaban J connectivity index is 1.06. The molecule has 0 aliphatic carbocycles. The van der Waals surface area contributed by atoms with Gasteiger partial charge < -0.3 is 50.9 Å². The van der Waals surface area contributed by atoms with Crippen LogP contribution in [-0.2, 0) is 73.1 Å². The molecule has 2 aromatic heterocycles. The Labute approximate surface area is 352 Å². The highest BCUT2D eigenvalue weighted by atomic mass is 16.7. The molecule has 20 nitrogen and oxygen atoms in total. The van der Waals surface area contributed by atoms with E-state index in [1.807, 2.05) is 30.3 Å². The number of aromatic nitrogens is 2. The monoisotopic (exact) mass is 853 g/mol. The SMILES string of the molecule is CC[C@@]1(OC(=O)OCc2ccc(NC(=O)[C@H](CC(N)=O)NC(=O)[C@H](C)NC(=O)[C@H](C)NC(=O)CCC(=O)O)cc2)C(=O)OCc2c1cc1n(c2=O)Cc2cc3ccccc3nc2-1. The number of hydrogen-bond acceptors (Lipinski definition) is 13. The van der Waals surface area contributed by atoms with E-state index in [9.17, 15) is 43.2 Å². The molecule has 7 N–H and O–H groups in total. The number of nitrogens with one attached hydrogen (secondary N) is 4. The van der Waals surface area contributed by atoms with Crippen LogP contribution >= 0.6 is 0 Å². The van der Waals surface area contributed by atoms with Crippen LogP contribution in [0.2, 0.25) is 0 Å². The van der Waals surface area contributed by atoms with Crippen LogP contribution in [0.1, 0.15) is 68.7 Å². The molecule has 0 fully saturated rings. The summed E-state index contributed by atoms with van der Waals surface area (Å²) in [6, 6.07) is 13.2. The van der Waals surface area contributed by atoms with E-state index in [4.69, 9.17) is 30.0 Å². The first-order valence-electron chi connectivity index (χ1n) is 19.5. The number of amides is 5. The summed E-state index contributed by atoms with van der Waals surface area (Å²) in [5.74, 6) is -6.11. The number of carbonyl (C=O) groups excluding carboxylic acids is 7. The fourth-order valence-electron chi connectivity index (χ4n) is 7.02. The third-order valence-corrected chi connectivity index (χ3v) is 10.3. The lowest BCUT2D eigenvalue weighted by molar-refractivity contribution is -0.175. The molecule has 0 bridgehead atoms. The van der Waals surface area contributed by atoms with Crippen molar-refractivity contribution in [3.8, 4) is 11.4 Å². The average Bonchev–Trinajstić information content (AvgIpc) is 3.59. The van der Waals surface area contributed by atoms with Crippen molar-refractivity contribution < 1.29 is 57.7 Å². The number of nitrogens with two attached hydrogens (primary N) is 1. The zero-order chi connectivity index (χ0) is 44.9. The summed E-state index contributed by atoms with van der Waals surface area (Å²) in [5.41, 5.74) is 6.52. The number of aliphatic carboxylic acids is 1. The number of esters is 1. The number of anilines is 1. The van der Waals surface area contributed by atoms with E-state index in [1.54, 1.807) is 17.6 Å². The minimum absolute atomic E-state index is 0.0790. The standard InChI is InChI=1S/C42H43N7O13/c1-4-42(28-16-31-35-25(15-24-7-5-6-8-29(24)47-35)18-49(31)39(57)27(28)20-60-40(42)58)62-41(59)61-19-23-9-11-26(12-10-23)46-38(56)30(17-32(43)50)48-37(55)22(3)45-36(54)21(2)44-33(51)13-14-34(52)53/h5-12,15-16,21-22,30H,4,13-14,17-20H2,1-3H3,(H2,43,50)(H,44,51)(H,45,54)(H,46,56)(H,48,55)(H,52,53)/t21-,22-,30-,42-/m0/s1. The molecule has 2 aliphatic heterocycles. The first-order valence-corrected chi connectivity index (χ1v) is 19.5. The number of hydrogen-bond donors (Lipinski definition) is 6. The van der Waals surface area contributed by atoms with Crippen molar-refractivity contribution in [3.05, 3.63) is 93.3 Å². The number of rotatable bonds is 16. The normalized spacial score (nSPS) is 16.2. The van der Waals surface area contributed by atoms with Gasteiger partial charge in [0.25, 0.3) is 5.56 Å². The molecule has 324 valence electrons. The number of para-hydroxylation sites is 1. The van der Waals surface area contributed by atoms with Crippen LogP contribution in [0.4, 0.5) is 10.5 Å². The molecule has 4 heterocycles. The summed E-state index contributed by atoms with van der Waals surface area (Å²) in [7, 11) is 0. The summed E-state index contributed by atoms with van der Waals surface area (Å²) in [4.78, 5) is 118. The molecule has 0 spiro atoms. The number of benzene rings is 2. The van der Waals surface area contributed by atoms with Crippen molar-refractivity contribution >= 4 is 64.2 Å². The fourth-order valence-corrected chi connectivity index (χ4v) is 7.02. The zero-order valence-corrected chi connectivity index (χ0v) is 33.8. The van der Waals surface area contributed by atoms with E-state index in [0.717, 1.165) is 16.5 Å². The van der Waals surface area contributed by atoms with Crippen LogP contribution in [0.15, 0.2) is 65.5 Å². The number of nitrogens with zero attached hydrogens (tertiary/aromatic N) is 2. The topological polar surface area (TPSA) is 294 Å². The van der Waals surface area contributed by atoms with Crippen LogP contribution in [-0.4, -0.2) is 80.4 Å². The molecular weight excluding hydrogens is 810 g/mol. The maximum Gasteiger partial charge on any atom is 0.510 e. The second kappa shape index (κ2) is 18.3. The van der Waals surface area contributed by atoms with E-state index in [1.165, 1.54) is 38.1 Å². The quantitative estimate of drug-likeness (QED) is 0.0770. The Morgan fingerprint density at radius 3 is 2.31 bits per heavy atom. The van der Waals surface area contributed by atoms with Gasteiger partial charge in [-0.15, -0.1) is 0 Å². The fraction of sp³-hybridized carbons (Fsp3) is 0.333. The van der Waals surface area contributed by atoms with Gasteiger partial charge in [0.15, 0.2) is 0 Å². The molecule has 62 heavy (non-hydrogen) atoms. The highest BCUT2D eigenvalue weighted by Crippen LogP contribution is 2.41. The number of fused-ring (bicyclic) bond motifs is 5. The summed E-state index contributed by atoms with van der Waals surface area (Å²) < 4.78 is 18.0. The molecule has 20 heteroatoms. The second-order valence-electron chi connectivity index (χ2n) is 14.7. The number of carboxylic acids is 1. The maximum absolute atomic E-state index is 13.8. The van der Waals surface area contributed by atoms with E-state index in [0.29, 0.717) is 17.0 Å². The van der Waals surface area contributed by atoms with Gasteiger partial charge in [0.2, 0.25) is 35.1 Å². The lowest BCUT2D eigenvalue weighted by Gasteiger charge is -2.35. The Morgan fingerprint density at radius 1 is 0.919 bits per heavy atom. The van der Waals surface area contributed by atoms with Crippen molar-refractivity contribution in [3.63, 3.8) is 0 Å². The van der Waals surface area contributed by atoms with Crippen LogP contribution in [0.3, 0.4) is 0 Å². The highest BCUT2D eigenvalue weighted by Gasteiger charge is 2.51. The Kier molecular flexibility index (Phi) is 13.0. The molecule has 2 aromatic carbocycles. The molecule has 0 radical (unpaired) electrons. The molecule has 2 aliphatic rings. The average molecular weight is 854 g/mol. The van der Waals surface area contributed by atoms with Crippen LogP contribution in [0.25, 0.3) is 22.3 Å². The van der Waals surface area contributed by atoms with Crippen molar-refractivity contribution in [2.24, 2.45) is 5.73 Å². The minimum Gasteiger partial charge on any atom is -0.481 e. The molecule has 4 atom stereocenters. The van der Waals surface area contributed by atoms with E-state index >= 15 is 0 Å². The lowest BCUT2D eigenvalue weighted by atomic mass is 9.85. The van der Waals surface area contributed by atoms with Crippen molar-refractivity contribution in [2.45, 2.75) is 89.9 Å². The number of carbonyl (C=O) groups is 8. The van der Waals surface area contributed by atoms with Gasteiger partial charge in [-0.05, 0) is 56.2 Å². The third-order valence-electron chi connectivity index (χ3n) is 10.3. The minimum atomic E-state index is -1.99. The molecular formula is C42H43N7O13. The van der Waals surface area contributed by atoms with Crippen LogP contribution < -0.4 is 32.6 Å². The zero-order valence-electron chi connectivity index (χ0n) is 33.8. The van der Waals surface area contributed by atoms with Gasteiger partial charge in [-0.2, -0.15) is 0 Å². The molecule has 5 amide bonds. The number of ether oxygens (including phenoxy) is 3. The number of primary amides is 1. The Hall–Kier alpha value is -7.64. The Morgan fingerprint density at radius 2 is 1.61 bits per heavy atom. The second-order valence-corrected chi connectivity index (χ2v) is 14.7. The van der Waals surface area contributed by atoms with Gasteiger partial charge in [-0.25, -0.2) is 14.6 Å². The first-order chi connectivity index (χ1) is 29.5. The predicted molar refractivity (Wildman–Crippen MR) is 216 cm³/mol. The van der Waals surface area contributed by atoms with Gasteiger partial charge in [-0.1, -0.05) is 37.3 Å². The van der Waals surface area contributed by atoms with Gasteiger partial charge in [0, 0.05) is 28.6 Å². The largest absolute Gasteiger partial charge is 0.510 e. The third kappa shape index (κ3) is 9.53. The number of pyridine rings is 2. The van der Waals surface area contributed by atoms with Crippen LogP contribution in [0.5, 0.6) is 0 Å². The van der Waals surface area contributed by atoms with Gasteiger partial charge in [0.05, 0.1) is 41.9 Å². The molecule has 0 saturated carbocycles. The maximum atomic E-state index is 13.8. The Bertz CT molecular complexity index is 2560. The van der Waals surface area contributed by atoms with Crippen molar-refractivity contribution in [1.29, 1.82) is 0 Å². The van der Waals surface area contributed by atoms with Crippen molar-refractivity contribution in [1.82, 2.24) is 25.5 Å². The van der Waals surface area contributed by atoms with Gasteiger partial charge in [-0.3, -0.25) is 33.6 Å². The van der Waals surface area contributed by atoms with Crippen molar-refractivity contribution in [2.75, 3.05) is 5.32 Å². The van der Waals surface area contributed by atoms with Gasteiger partial charge in [0.1, 0.15) is 31.3 Å². The molecule has 4 aromatic rings. The van der Waals surface area contributed by atoms with E-state index in [2.05, 4.69) is 21.3 Å². The number of cyclic esters (lactones) is 1. The molecule has 0 saturated heterocycles. The lowest BCUT2D eigenvalue weighted by Crippen LogP contribution is -2.55. The summed E-state index contributed by atoms with van der Waals surface area (Å²) >= 11 is 0. The molecule has 0 unspecified atom stereocenters. The summed E-state index contributed by atoms with van der Waals surface area (Å²) in [6.45, 7) is 3.86. The first kappa shape index (κ1) is 43.9. The smallest absolute Gasteiger partial charge is 0.481 e. The van der Waals surface area contributed by atoms with E-state index in [-0.39, 0.29) is 49.4 Å². The van der Waals surface area contributed by atoms with E-state index < -0.39 is 89.8 Å². The highest BCUT2D eigenvalue weighted by molar-refractivity contribution is 6.01. The summed E-state index contributed by atoms with van der Waals surface area (Å²) in [6.07, 6.45) is -2.69. The number of carboxylic acid groups (broad SMARTS) is 1. The summed E-state index contributed by atoms with van der Waals surface area (Å²) in [5, 5.41) is 19.2. The van der Waals surface area contributed by atoms with Crippen LogP contribution in [0, 0.1) is 0 Å². The predicted octanol–water partition coefficient (Wildman–Crippen LogP) is 1.61.